The fourth-order valence-corrected chi connectivity index (χ4v) is 1.60. The molecule has 1 heterocycles. The van der Waals surface area contributed by atoms with Crippen LogP contribution in [-0.4, -0.2) is 18.4 Å². The molecule has 0 aliphatic carbocycles. The zero-order valence-electron chi connectivity index (χ0n) is 8.23. The number of rotatable bonds is 4. The van der Waals surface area contributed by atoms with E-state index in [0.29, 0.717) is 13.0 Å². The molecule has 1 fully saturated rings. The van der Waals surface area contributed by atoms with E-state index in [2.05, 4.69) is 6.58 Å². The van der Waals surface area contributed by atoms with Gasteiger partial charge in [0.1, 0.15) is 5.92 Å². The maximum absolute atomic E-state index is 11.5. The SMILES string of the molecule is C=CC[C@H]1COC(=O)[C@@H]1C(=O)/C=C/C. The maximum Gasteiger partial charge on any atom is 0.317 e. The molecular weight excluding hydrogens is 180 g/mol. The van der Waals surface area contributed by atoms with Gasteiger partial charge < -0.3 is 4.74 Å². The van der Waals surface area contributed by atoms with Crippen LogP contribution < -0.4 is 0 Å². The van der Waals surface area contributed by atoms with Gasteiger partial charge in [-0.05, 0) is 19.4 Å². The van der Waals surface area contributed by atoms with E-state index in [0.717, 1.165) is 0 Å². The first kappa shape index (κ1) is 10.7. The lowest BCUT2D eigenvalue weighted by Crippen LogP contribution is -2.23. The molecule has 0 bridgehead atoms. The van der Waals surface area contributed by atoms with Gasteiger partial charge in [0.15, 0.2) is 5.78 Å². The second-order valence-electron chi connectivity index (χ2n) is 3.29. The van der Waals surface area contributed by atoms with Crippen LogP contribution in [0.4, 0.5) is 0 Å². The molecule has 1 saturated heterocycles. The molecule has 0 amide bonds. The number of hydrogen-bond acceptors (Lipinski definition) is 3. The highest BCUT2D eigenvalue weighted by molar-refractivity contribution is 6.06. The molecule has 3 nitrogen and oxygen atoms in total. The Labute approximate surface area is 83.4 Å². The predicted molar refractivity (Wildman–Crippen MR) is 52.6 cm³/mol. The Morgan fingerprint density at radius 1 is 1.71 bits per heavy atom. The number of ether oxygens (including phenoxy) is 1. The van der Waals surface area contributed by atoms with E-state index in [1.54, 1.807) is 19.1 Å². The minimum absolute atomic E-state index is 0.0382. The zero-order chi connectivity index (χ0) is 10.6. The number of hydrogen-bond donors (Lipinski definition) is 0. The maximum atomic E-state index is 11.5. The Balaban J connectivity index is 2.75. The number of esters is 1. The van der Waals surface area contributed by atoms with Crippen molar-refractivity contribution < 1.29 is 14.3 Å². The highest BCUT2D eigenvalue weighted by Crippen LogP contribution is 2.26. The van der Waals surface area contributed by atoms with Crippen LogP contribution in [0.3, 0.4) is 0 Å². The van der Waals surface area contributed by atoms with Gasteiger partial charge in [-0.3, -0.25) is 9.59 Å². The van der Waals surface area contributed by atoms with E-state index in [1.807, 2.05) is 0 Å². The van der Waals surface area contributed by atoms with E-state index in [9.17, 15) is 9.59 Å². The molecular formula is C11H14O3. The molecule has 1 aliphatic heterocycles. The second kappa shape index (κ2) is 4.74. The van der Waals surface area contributed by atoms with Crippen LogP contribution in [0.15, 0.2) is 24.8 Å². The third-order valence-corrected chi connectivity index (χ3v) is 2.27. The lowest BCUT2D eigenvalue weighted by atomic mass is 9.89. The quantitative estimate of drug-likeness (QED) is 0.295. The molecule has 0 aromatic rings. The lowest BCUT2D eigenvalue weighted by molar-refractivity contribution is -0.143. The van der Waals surface area contributed by atoms with Crippen LogP contribution >= 0.6 is 0 Å². The van der Waals surface area contributed by atoms with E-state index >= 15 is 0 Å². The smallest absolute Gasteiger partial charge is 0.317 e. The van der Waals surface area contributed by atoms with Crippen molar-refractivity contribution in [1.82, 2.24) is 0 Å². The van der Waals surface area contributed by atoms with Crippen LogP contribution in [0, 0.1) is 11.8 Å². The van der Waals surface area contributed by atoms with Gasteiger partial charge >= 0.3 is 5.97 Å². The Bertz CT molecular complexity index is 278. The van der Waals surface area contributed by atoms with Crippen LogP contribution in [-0.2, 0) is 14.3 Å². The van der Waals surface area contributed by atoms with Crippen molar-refractivity contribution in [3.63, 3.8) is 0 Å². The van der Waals surface area contributed by atoms with Crippen LogP contribution in [0.2, 0.25) is 0 Å². The zero-order valence-corrected chi connectivity index (χ0v) is 8.23. The standard InChI is InChI=1S/C11H14O3/c1-3-5-8-7-14-11(13)10(8)9(12)6-4-2/h3-4,6,8,10H,1,5,7H2,2H3/b6-4+/t8-,10-/m0/s1. The first-order valence-corrected chi connectivity index (χ1v) is 4.64. The summed E-state index contributed by atoms with van der Waals surface area (Å²) < 4.78 is 4.86. The number of carbonyl (C=O) groups is 2. The molecule has 14 heavy (non-hydrogen) atoms. The molecule has 3 heteroatoms. The summed E-state index contributed by atoms with van der Waals surface area (Å²) in [6.07, 6.45) is 5.41. The van der Waals surface area contributed by atoms with Gasteiger partial charge in [0.2, 0.25) is 0 Å². The van der Waals surface area contributed by atoms with Gasteiger partial charge in [-0.1, -0.05) is 12.2 Å². The second-order valence-corrected chi connectivity index (χ2v) is 3.29. The Morgan fingerprint density at radius 3 is 3.00 bits per heavy atom. The van der Waals surface area contributed by atoms with Crippen molar-refractivity contribution in [3.05, 3.63) is 24.8 Å². The fraction of sp³-hybridized carbons (Fsp3) is 0.455. The van der Waals surface area contributed by atoms with Crippen molar-refractivity contribution in [2.24, 2.45) is 11.8 Å². The third-order valence-electron chi connectivity index (χ3n) is 2.27. The molecule has 0 N–H and O–H groups in total. The molecule has 0 aromatic heterocycles. The van der Waals surface area contributed by atoms with Crippen LogP contribution in [0.1, 0.15) is 13.3 Å². The number of ketones is 1. The minimum atomic E-state index is -0.621. The molecule has 76 valence electrons. The molecule has 0 saturated carbocycles. The average molecular weight is 194 g/mol. The topological polar surface area (TPSA) is 43.4 Å². The van der Waals surface area contributed by atoms with Crippen LogP contribution in [0.25, 0.3) is 0 Å². The molecule has 0 spiro atoms. The molecule has 0 radical (unpaired) electrons. The molecule has 1 rings (SSSR count). The van der Waals surface area contributed by atoms with Crippen molar-refractivity contribution in [2.75, 3.05) is 6.61 Å². The van der Waals surface area contributed by atoms with E-state index < -0.39 is 11.9 Å². The highest BCUT2D eigenvalue weighted by Gasteiger charge is 2.40. The van der Waals surface area contributed by atoms with Gasteiger partial charge in [0.25, 0.3) is 0 Å². The summed E-state index contributed by atoms with van der Waals surface area (Å²) in [5.74, 6) is -1.23. The van der Waals surface area contributed by atoms with Crippen molar-refractivity contribution in [3.8, 4) is 0 Å². The average Bonchev–Trinajstić information content (AvgIpc) is 2.48. The van der Waals surface area contributed by atoms with Crippen molar-refractivity contribution in [1.29, 1.82) is 0 Å². The molecule has 1 aliphatic rings. The first-order valence-electron chi connectivity index (χ1n) is 4.64. The Hall–Kier alpha value is -1.38. The number of carbonyl (C=O) groups excluding carboxylic acids is 2. The molecule has 2 atom stereocenters. The molecule has 0 unspecified atom stereocenters. The Morgan fingerprint density at radius 2 is 2.43 bits per heavy atom. The van der Waals surface area contributed by atoms with Crippen molar-refractivity contribution >= 4 is 11.8 Å². The number of cyclic esters (lactones) is 1. The summed E-state index contributed by atoms with van der Waals surface area (Å²) in [5.41, 5.74) is 0. The lowest BCUT2D eigenvalue weighted by Gasteiger charge is -2.09. The van der Waals surface area contributed by atoms with Gasteiger partial charge in [-0.2, -0.15) is 0 Å². The fourth-order valence-electron chi connectivity index (χ4n) is 1.60. The highest BCUT2D eigenvalue weighted by atomic mass is 16.5. The summed E-state index contributed by atoms with van der Waals surface area (Å²) in [5, 5.41) is 0. The summed E-state index contributed by atoms with van der Waals surface area (Å²) in [7, 11) is 0. The third kappa shape index (κ3) is 2.10. The summed E-state index contributed by atoms with van der Waals surface area (Å²) in [4.78, 5) is 22.8. The molecule has 0 aromatic carbocycles. The minimum Gasteiger partial charge on any atom is -0.465 e. The first-order chi connectivity index (χ1) is 6.70. The Kier molecular flexibility index (Phi) is 3.63. The van der Waals surface area contributed by atoms with Gasteiger partial charge in [0, 0.05) is 5.92 Å². The normalized spacial score (nSPS) is 26.5. The van der Waals surface area contributed by atoms with E-state index in [-0.39, 0.29) is 11.7 Å². The monoisotopic (exact) mass is 194 g/mol. The van der Waals surface area contributed by atoms with Crippen molar-refractivity contribution in [2.45, 2.75) is 13.3 Å². The predicted octanol–water partition coefficient (Wildman–Crippen LogP) is 1.50. The summed E-state index contributed by atoms with van der Waals surface area (Å²) in [6, 6.07) is 0. The van der Waals surface area contributed by atoms with Gasteiger partial charge in [0.05, 0.1) is 6.61 Å². The van der Waals surface area contributed by atoms with Crippen LogP contribution in [0.5, 0.6) is 0 Å². The van der Waals surface area contributed by atoms with Gasteiger partial charge in [-0.25, -0.2) is 0 Å². The van der Waals surface area contributed by atoms with E-state index in [1.165, 1.54) is 6.08 Å². The largest absolute Gasteiger partial charge is 0.465 e. The summed E-state index contributed by atoms with van der Waals surface area (Å²) in [6.45, 7) is 5.68. The van der Waals surface area contributed by atoms with Gasteiger partial charge in [-0.15, -0.1) is 6.58 Å². The number of allylic oxidation sites excluding steroid dienone is 3. The summed E-state index contributed by atoms with van der Waals surface area (Å²) >= 11 is 0. The van der Waals surface area contributed by atoms with E-state index in [4.69, 9.17) is 4.74 Å².